The average Bonchev–Trinajstić information content (AvgIpc) is 3.72. The molecule has 0 aromatic rings. The van der Waals surface area contributed by atoms with Crippen LogP contribution in [0, 0.1) is 5.92 Å². The molecule has 0 spiro atoms. The molecule has 0 fully saturated rings. The molecule has 2 unspecified atom stereocenters. The molecule has 0 bridgehead atoms. The average molecular weight is 1330 g/mol. The molecule has 19 heteroatoms. The number of phosphoric acid groups is 2. The first-order chi connectivity index (χ1) is 43.5. The van der Waals surface area contributed by atoms with E-state index >= 15 is 0 Å². The lowest BCUT2D eigenvalue weighted by atomic mass is 10.0. The van der Waals surface area contributed by atoms with E-state index in [2.05, 4.69) is 34.6 Å². The van der Waals surface area contributed by atoms with E-state index in [1.807, 2.05) is 0 Å². The molecule has 5 atom stereocenters. The minimum absolute atomic E-state index is 0.107. The summed E-state index contributed by atoms with van der Waals surface area (Å²) in [6, 6.07) is 0. The lowest BCUT2D eigenvalue weighted by molar-refractivity contribution is -0.161. The third-order valence-corrected chi connectivity index (χ3v) is 18.4. The summed E-state index contributed by atoms with van der Waals surface area (Å²) in [6.45, 7) is 7.24. The number of hydrogen-bond donors (Lipinski definition) is 3. The van der Waals surface area contributed by atoms with Gasteiger partial charge in [0, 0.05) is 25.7 Å². The van der Waals surface area contributed by atoms with Gasteiger partial charge >= 0.3 is 39.5 Å². The van der Waals surface area contributed by atoms with Gasteiger partial charge in [0.2, 0.25) is 0 Å². The van der Waals surface area contributed by atoms with Gasteiger partial charge in [-0.2, -0.15) is 0 Å². The molecule has 0 aromatic carbocycles. The van der Waals surface area contributed by atoms with Crippen LogP contribution in [0.25, 0.3) is 0 Å². The summed E-state index contributed by atoms with van der Waals surface area (Å²) in [6.07, 6.45) is 51.2. The Morgan fingerprint density at radius 1 is 0.300 bits per heavy atom. The van der Waals surface area contributed by atoms with Gasteiger partial charge in [-0.05, 0) is 31.6 Å². The van der Waals surface area contributed by atoms with E-state index in [-0.39, 0.29) is 25.7 Å². The van der Waals surface area contributed by atoms with E-state index in [0.29, 0.717) is 25.7 Å². The maximum Gasteiger partial charge on any atom is 0.472 e. The van der Waals surface area contributed by atoms with E-state index in [9.17, 15) is 43.2 Å². The summed E-state index contributed by atoms with van der Waals surface area (Å²) in [5.74, 6) is -1.34. The van der Waals surface area contributed by atoms with E-state index < -0.39 is 97.5 Å². The molecule has 0 aromatic heterocycles. The number of esters is 4. The number of aliphatic hydroxyl groups is 1. The Morgan fingerprint density at radius 3 is 0.756 bits per heavy atom. The number of aliphatic hydroxyl groups excluding tert-OH is 1. The van der Waals surface area contributed by atoms with Crippen LogP contribution in [0.2, 0.25) is 0 Å². The lowest BCUT2D eigenvalue weighted by Gasteiger charge is -2.21. The predicted octanol–water partition coefficient (Wildman–Crippen LogP) is 20.5. The van der Waals surface area contributed by atoms with Crippen LogP contribution < -0.4 is 0 Å². The summed E-state index contributed by atoms with van der Waals surface area (Å²) < 4.78 is 68.3. The Morgan fingerprint density at radius 2 is 0.511 bits per heavy atom. The maximum atomic E-state index is 13.0. The summed E-state index contributed by atoms with van der Waals surface area (Å²) in [7, 11) is -9.90. The molecule has 17 nitrogen and oxygen atoms in total. The normalized spacial score (nSPS) is 14.1. The van der Waals surface area contributed by atoms with Crippen molar-refractivity contribution in [3.05, 3.63) is 0 Å². The van der Waals surface area contributed by atoms with E-state index in [1.54, 1.807) is 0 Å². The first-order valence-electron chi connectivity index (χ1n) is 37.1. The van der Waals surface area contributed by atoms with Gasteiger partial charge in [-0.3, -0.25) is 37.3 Å². The van der Waals surface area contributed by atoms with Crippen LogP contribution in [0.5, 0.6) is 0 Å². The monoisotopic (exact) mass is 1320 g/mol. The highest BCUT2D eigenvalue weighted by molar-refractivity contribution is 7.47. The predicted molar refractivity (Wildman–Crippen MR) is 363 cm³/mol. The second-order valence-electron chi connectivity index (χ2n) is 26.1. The smallest absolute Gasteiger partial charge is 0.462 e. The molecule has 0 saturated heterocycles. The van der Waals surface area contributed by atoms with Gasteiger partial charge in [-0.25, -0.2) is 9.13 Å². The number of phosphoric ester groups is 2. The molecule has 0 amide bonds. The van der Waals surface area contributed by atoms with E-state index in [1.165, 1.54) is 186 Å². The topological polar surface area (TPSA) is 237 Å². The zero-order valence-electron chi connectivity index (χ0n) is 58.3. The molecule has 0 aliphatic carbocycles. The van der Waals surface area contributed by atoms with Gasteiger partial charge in [-0.1, -0.05) is 317 Å². The Hall–Kier alpha value is -1.94. The number of hydrogen-bond acceptors (Lipinski definition) is 15. The molecule has 0 saturated carbocycles. The van der Waals surface area contributed by atoms with Gasteiger partial charge in [-0.15, -0.1) is 0 Å². The van der Waals surface area contributed by atoms with Gasteiger partial charge in [0.05, 0.1) is 26.4 Å². The van der Waals surface area contributed by atoms with Crippen LogP contribution in [0.3, 0.4) is 0 Å². The third-order valence-electron chi connectivity index (χ3n) is 16.5. The van der Waals surface area contributed by atoms with Gasteiger partial charge in [0.25, 0.3) is 0 Å². The van der Waals surface area contributed by atoms with Crippen molar-refractivity contribution < 1.29 is 80.2 Å². The minimum Gasteiger partial charge on any atom is -0.462 e. The number of rotatable bonds is 71. The number of ether oxygens (including phenoxy) is 4. The summed E-state index contributed by atoms with van der Waals surface area (Å²) in [5.41, 5.74) is 0. The zero-order valence-corrected chi connectivity index (χ0v) is 60.1. The summed E-state index contributed by atoms with van der Waals surface area (Å²) in [4.78, 5) is 72.5. The van der Waals surface area contributed by atoms with Crippen molar-refractivity contribution in [3.8, 4) is 0 Å². The Labute approximate surface area is 549 Å². The number of carbonyl (C=O) groups is 4. The van der Waals surface area contributed by atoms with Crippen molar-refractivity contribution >= 4 is 39.5 Å². The SMILES string of the molecule is CCCCCCCCCCCCCCCCCC(=O)OC[C@H](COP(=O)(O)OC[C@@H](O)COP(=O)(O)OC[C@@H](COC(=O)CCCCCCCCCC)OC(=O)CCCCCCCCCCCCCC)OC(=O)CCCCCCCCCCCCCCC(C)C. The van der Waals surface area contributed by atoms with Crippen LogP contribution in [0.1, 0.15) is 369 Å². The summed E-state index contributed by atoms with van der Waals surface area (Å²) in [5, 5.41) is 10.6. The highest BCUT2D eigenvalue weighted by atomic mass is 31.2. The summed E-state index contributed by atoms with van der Waals surface area (Å²) >= 11 is 0. The van der Waals surface area contributed by atoms with Gasteiger partial charge < -0.3 is 33.8 Å². The number of unbranched alkanes of at least 4 members (excludes halogenated alkanes) is 43. The van der Waals surface area contributed by atoms with Crippen LogP contribution in [0.4, 0.5) is 0 Å². The van der Waals surface area contributed by atoms with E-state index in [0.717, 1.165) is 102 Å². The molecule has 0 aliphatic rings. The fourth-order valence-electron chi connectivity index (χ4n) is 10.8. The minimum atomic E-state index is -4.95. The Bertz CT molecular complexity index is 1740. The molecule has 90 heavy (non-hydrogen) atoms. The fourth-order valence-corrected chi connectivity index (χ4v) is 12.4. The first kappa shape index (κ1) is 88.1. The molecule has 0 aliphatic heterocycles. The molecule has 3 N–H and O–H groups in total. The standard InChI is InChI=1S/C71H138O17P2/c1-6-9-12-15-18-21-23-25-26-27-32-35-40-45-50-55-69(74)82-61-67(88-71(76)57-52-47-42-37-33-29-28-30-34-38-43-48-53-64(4)5)63-86-90(79,80)84-59-65(72)58-83-89(77,78)85-62-66(60-81-68(73)54-49-44-39-20-17-14-11-8-3)87-70(75)56-51-46-41-36-31-24-22-19-16-13-10-7-2/h64-67,72H,6-63H2,1-5H3,(H,77,78)(H,79,80)/t65-,66+,67+/m0/s1. The van der Waals surface area contributed by atoms with Gasteiger partial charge in [0.1, 0.15) is 19.3 Å². The molecule has 0 heterocycles. The zero-order chi connectivity index (χ0) is 66.3. The first-order valence-corrected chi connectivity index (χ1v) is 40.1. The second kappa shape index (κ2) is 64.4. The quantitative estimate of drug-likeness (QED) is 0.0222. The number of carbonyl (C=O) groups excluding carboxylic acids is 4. The maximum absolute atomic E-state index is 13.0. The largest absolute Gasteiger partial charge is 0.472 e. The molecular formula is C71H138O17P2. The van der Waals surface area contributed by atoms with Crippen molar-refractivity contribution in [2.45, 2.75) is 387 Å². The van der Waals surface area contributed by atoms with Crippen molar-refractivity contribution in [2.75, 3.05) is 39.6 Å². The molecule has 0 rings (SSSR count). The van der Waals surface area contributed by atoms with Crippen molar-refractivity contribution in [1.82, 2.24) is 0 Å². The Balaban J connectivity index is 5.22. The molecule has 534 valence electrons. The Kier molecular flexibility index (Phi) is 63.0. The van der Waals surface area contributed by atoms with Crippen molar-refractivity contribution in [2.24, 2.45) is 5.92 Å². The van der Waals surface area contributed by atoms with Gasteiger partial charge in [0.15, 0.2) is 12.2 Å². The lowest BCUT2D eigenvalue weighted by Crippen LogP contribution is -2.30. The van der Waals surface area contributed by atoms with Crippen molar-refractivity contribution in [1.29, 1.82) is 0 Å². The highest BCUT2D eigenvalue weighted by Gasteiger charge is 2.30. The van der Waals surface area contributed by atoms with Crippen LogP contribution in [-0.4, -0.2) is 96.7 Å². The fraction of sp³-hybridized carbons (Fsp3) is 0.944. The molecular weight excluding hydrogens is 1190 g/mol. The third kappa shape index (κ3) is 64.8. The van der Waals surface area contributed by atoms with Crippen LogP contribution >= 0.6 is 15.6 Å². The van der Waals surface area contributed by atoms with Crippen molar-refractivity contribution in [3.63, 3.8) is 0 Å². The van der Waals surface area contributed by atoms with E-state index in [4.69, 9.17) is 37.0 Å². The highest BCUT2D eigenvalue weighted by Crippen LogP contribution is 2.45. The molecule has 0 radical (unpaired) electrons. The van der Waals surface area contributed by atoms with Crippen LogP contribution in [-0.2, 0) is 65.4 Å². The second-order valence-corrected chi connectivity index (χ2v) is 29.0. The van der Waals surface area contributed by atoms with Crippen LogP contribution in [0.15, 0.2) is 0 Å².